The maximum absolute atomic E-state index is 13.3. The van der Waals surface area contributed by atoms with Gasteiger partial charge in [0.25, 0.3) is 5.89 Å². The number of H-pyrrole nitrogens is 1. The van der Waals surface area contributed by atoms with Gasteiger partial charge in [0.2, 0.25) is 11.7 Å². The lowest BCUT2D eigenvalue weighted by Gasteiger charge is -2.28. The van der Waals surface area contributed by atoms with Crippen LogP contribution in [0.4, 0.5) is 17.6 Å². The SMILES string of the molecule is O=C(CCCCCC(NC(=O)C1CNC1)c1[nH]c(-c2ccc(F)cc2)nc1Cl)c1ncco1.O=C(O)C(F)(F)F. The van der Waals surface area contributed by atoms with Crippen molar-refractivity contribution in [2.45, 2.75) is 44.3 Å². The van der Waals surface area contributed by atoms with Gasteiger partial charge in [-0.2, -0.15) is 13.2 Å². The van der Waals surface area contributed by atoms with Crippen LogP contribution in [0, 0.1) is 11.7 Å². The highest BCUT2D eigenvalue weighted by Gasteiger charge is 2.38. The van der Waals surface area contributed by atoms with Gasteiger partial charge in [-0.3, -0.25) is 9.59 Å². The van der Waals surface area contributed by atoms with Crippen LogP contribution >= 0.6 is 11.6 Å². The van der Waals surface area contributed by atoms with E-state index in [1.165, 1.54) is 24.6 Å². The number of oxazole rings is 1. The quantitative estimate of drug-likeness (QED) is 0.143. The Kier molecular flexibility index (Phi) is 10.8. The van der Waals surface area contributed by atoms with Gasteiger partial charge in [-0.1, -0.05) is 24.4 Å². The van der Waals surface area contributed by atoms with Crippen molar-refractivity contribution in [3.05, 3.63) is 59.3 Å². The van der Waals surface area contributed by atoms with Gasteiger partial charge in [-0.25, -0.2) is 19.2 Å². The lowest BCUT2D eigenvalue weighted by molar-refractivity contribution is -0.192. The minimum atomic E-state index is -5.08. The predicted octanol–water partition coefficient (Wildman–Crippen LogP) is 4.70. The van der Waals surface area contributed by atoms with Crippen molar-refractivity contribution in [2.24, 2.45) is 5.92 Å². The second-order valence-corrected chi connectivity index (χ2v) is 9.23. The van der Waals surface area contributed by atoms with Crippen molar-refractivity contribution in [2.75, 3.05) is 13.1 Å². The monoisotopic (exact) mass is 587 g/mol. The number of benzene rings is 1. The van der Waals surface area contributed by atoms with E-state index in [4.69, 9.17) is 25.9 Å². The number of alkyl halides is 3. The largest absolute Gasteiger partial charge is 0.490 e. The van der Waals surface area contributed by atoms with Gasteiger partial charge in [-0.15, -0.1) is 0 Å². The standard InChI is InChI=1S/C23H25ClFN5O3.C2HF3O2/c24-20-19(29-21(30-20)14-6-8-16(25)9-7-14)17(28-22(32)15-12-26-13-15)4-2-1-3-5-18(31)23-27-10-11-33-23;3-2(4,5)1(6)7/h6-11,15,17,26H,1-5,12-13H2,(H,28,32)(H,29,30);(H,6,7). The summed E-state index contributed by atoms with van der Waals surface area (Å²) in [6.07, 6.45) is 0.980. The molecule has 0 saturated carbocycles. The molecule has 2 aromatic heterocycles. The molecule has 1 aromatic carbocycles. The summed E-state index contributed by atoms with van der Waals surface area (Å²) in [6, 6.07) is 5.59. The molecule has 0 spiro atoms. The molecule has 0 bridgehead atoms. The zero-order valence-electron chi connectivity index (χ0n) is 20.9. The number of ketones is 1. The number of aromatic amines is 1. The molecule has 40 heavy (non-hydrogen) atoms. The summed E-state index contributed by atoms with van der Waals surface area (Å²) in [5.74, 6) is -2.67. The molecule has 216 valence electrons. The third-order valence-electron chi connectivity index (χ3n) is 5.93. The third kappa shape index (κ3) is 8.88. The van der Waals surface area contributed by atoms with E-state index >= 15 is 0 Å². The third-order valence-corrected chi connectivity index (χ3v) is 6.22. The van der Waals surface area contributed by atoms with E-state index in [1.807, 2.05) is 0 Å². The minimum absolute atomic E-state index is 0.0354. The number of hydrogen-bond acceptors (Lipinski definition) is 7. The molecule has 1 aliphatic heterocycles. The van der Waals surface area contributed by atoms with Gasteiger partial charge in [-0.05, 0) is 37.1 Å². The minimum Gasteiger partial charge on any atom is -0.475 e. The molecule has 3 heterocycles. The zero-order chi connectivity index (χ0) is 29.3. The number of carbonyl (C=O) groups is 3. The number of aliphatic carboxylic acids is 1. The molecule has 4 rings (SSSR count). The number of Topliss-reactive ketones (excluding diaryl/α,β-unsaturated/α-hetero) is 1. The highest BCUT2D eigenvalue weighted by molar-refractivity contribution is 6.30. The Balaban J connectivity index is 0.000000559. The fourth-order valence-electron chi connectivity index (χ4n) is 3.67. The number of halogens is 5. The Hall–Kier alpha value is -3.78. The topological polar surface area (TPSA) is 150 Å². The lowest BCUT2D eigenvalue weighted by atomic mass is 9.99. The summed E-state index contributed by atoms with van der Waals surface area (Å²) in [4.78, 5) is 45.0. The second kappa shape index (κ2) is 14.0. The molecule has 4 N–H and O–H groups in total. The number of aromatic nitrogens is 3. The fraction of sp³-hybridized carbons (Fsp3) is 0.400. The fourth-order valence-corrected chi connectivity index (χ4v) is 3.94. The lowest BCUT2D eigenvalue weighted by Crippen LogP contribution is -2.51. The number of hydrogen-bond donors (Lipinski definition) is 4. The number of carboxylic acid groups (broad SMARTS) is 1. The van der Waals surface area contributed by atoms with Crippen LogP contribution < -0.4 is 10.6 Å². The molecule has 0 aliphatic carbocycles. The Morgan fingerprint density at radius 2 is 1.82 bits per heavy atom. The van der Waals surface area contributed by atoms with Crippen LogP contribution in [0.1, 0.15) is 54.5 Å². The summed E-state index contributed by atoms with van der Waals surface area (Å²) in [5.41, 5.74) is 1.32. The van der Waals surface area contributed by atoms with Crippen LogP contribution in [0.2, 0.25) is 5.15 Å². The number of amides is 1. The van der Waals surface area contributed by atoms with E-state index in [1.54, 1.807) is 12.1 Å². The van der Waals surface area contributed by atoms with Crippen LogP contribution in [0.15, 0.2) is 41.1 Å². The van der Waals surface area contributed by atoms with Crippen molar-refractivity contribution in [3.63, 3.8) is 0 Å². The number of unbranched alkanes of at least 4 members (excludes halogenated alkanes) is 2. The highest BCUT2D eigenvalue weighted by Crippen LogP contribution is 2.29. The van der Waals surface area contributed by atoms with E-state index < -0.39 is 12.1 Å². The maximum atomic E-state index is 13.3. The molecule has 15 heteroatoms. The van der Waals surface area contributed by atoms with Crippen LogP contribution in [-0.4, -0.2) is 57.0 Å². The van der Waals surface area contributed by atoms with Gasteiger partial charge < -0.3 is 25.1 Å². The summed E-state index contributed by atoms with van der Waals surface area (Å²) in [5, 5.41) is 13.6. The van der Waals surface area contributed by atoms with E-state index in [-0.39, 0.29) is 40.5 Å². The van der Waals surface area contributed by atoms with Gasteiger partial charge >= 0.3 is 12.1 Å². The summed E-state index contributed by atoms with van der Waals surface area (Å²) >= 11 is 6.43. The van der Waals surface area contributed by atoms with Crippen LogP contribution in [0.5, 0.6) is 0 Å². The van der Waals surface area contributed by atoms with Crippen LogP contribution in [0.3, 0.4) is 0 Å². The van der Waals surface area contributed by atoms with Crippen molar-refractivity contribution in [1.82, 2.24) is 25.6 Å². The van der Waals surface area contributed by atoms with E-state index in [0.29, 0.717) is 49.4 Å². The zero-order valence-corrected chi connectivity index (χ0v) is 21.7. The van der Waals surface area contributed by atoms with Crippen molar-refractivity contribution < 1.29 is 41.5 Å². The molecule has 0 radical (unpaired) electrons. The molecular formula is C25H26ClF4N5O5. The summed E-state index contributed by atoms with van der Waals surface area (Å²) in [6.45, 7) is 1.30. The van der Waals surface area contributed by atoms with Gasteiger partial charge in [0, 0.05) is 25.1 Å². The molecule has 1 unspecified atom stereocenters. The summed E-state index contributed by atoms with van der Waals surface area (Å²) < 4.78 is 50.0. The smallest absolute Gasteiger partial charge is 0.475 e. The first-order valence-electron chi connectivity index (χ1n) is 12.2. The normalized spacial score (nSPS) is 14.0. The molecule has 1 fully saturated rings. The van der Waals surface area contributed by atoms with E-state index in [9.17, 15) is 27.2 Å². The van der Waals surface area contributed by atoms with E-state index in [2.05, 4.69) is 25.6 Å². The summed E-state index contributed by atoms with van der Waals surface area (Å²) in [7, 11) is 0. The Morgan fingerprint density at radius 3 is 2.38 bits per heavy atom. The molecular weight excluding hydrogens is 562 g/mol. The van der Waals surface area contributed by atoms with Crippen LogP contribution in [0.25, 0.3) is 11.4 Å². The van der Waals surface area contributed by atoms with Crippen molar-refractivity contribution in [3.8, 4) is 11.4 Å². The second-order valence-electron chi connectivity index (χ2n) is 8.88. The first-order valence-corrected chi connectivity index (χ1v) is 12.6. The molecule has 1 amide bonds. The van der Waals surface area contributed by atoms with Gasteiger partial charge in [0.05, 0.1) is 23.9 Å². The van der Waals surface area contributed by atoms with Crippen molar-refractivity contribution >= 4 is 29.3 Å². The molecule has 1 aliphatic rings. The molecule has 1 saturated heterocycles. The Labute approximate surface area is 230 Å². The maximum Gasteiger partial charge on any atom is 0.490 e. The molecule has 1 atom stereocenters. The van der Waals surface area contributed by atoms with Crippen molar-refractivity contribution in [1.29, 1.82) is 0 Å². The number of carbonyl (C=O) groups excluding carboxylic acids is 2. The number of nitrogens with zero attached hydrogens (tertiary/aromatic N) is 2. The van der Waals surface area contributed by atoms with Gasteiger partial charge in [0.15, 0.2) is 5.15 Å². The number of carboxylic acids is 1. The van der Waals surface area contributed by atoms with E-state index in [0.717, 1.165) is 12.8 Å². The molecule has 10 nitrogen and oxygen atoms in total. The Bertz CT molecular complexity index is 1280. The first-order chi connectivity index (χ1) is 19.0. The molecule has 3 aromatic rings. The first kappa shape index (κ1) is 30.8. The Morgan fingerprint density at radius 1 is 1.15 bits per heavy atom. The average molecular weight is 588 g/mol. The predicted molar refractivity (Wildman–Crippen MR) is 134 cm³/mol. The highest BCUT2D eigenvalue weighted by atomic mass is 35.5. The number of imidazole rings is 1. The van der Waals surface area contributed by atoms with Crippen LogP contribution in [-0.2, 0) is 9.59 Å². The number of rotatable bonds is 11. The average Bonchev–Trinajstić information content (AvgIpc) is 3.52. The van der Waals surface area contributed by atoms with Gasteiger partial charge in [0.1, 0.15) is 17.9 Å². The number of nitrogens with one attached hydrogen (secondary N) is 3.